The molecular formula is C12H14FN3S. The average Bonchev–Trinajstić information content (AvgIpc) is 2.80. The van der Waals surface area contributed by atoms with Gasteiger partial charge in [-0.05, 0) is 18.1 Å². The summed E-state index contributed by atoms with van der Waals surface area (Å²) in [6, 6.07) is 6.83. The van der Waals surface area contributed by atoms with Gasteiger partial charge in [-0.25, -0.2) is 9.37 Å². The molecule has 0 spiro atoms. The predicted molar refractivity (Wildman–Crippen MR) is 67.9 cm³/mol. The molecule has 1 heterocycles. The Morgan fingerprint density at radius 3 is 2.88 bits per heavy atom. The van der Waals surface area contributed by atoms with Crippen LogP contribution < -0.4 is 5.32 Å². The monoisotopic (exact) mass is 251 g/mol. The topological polar surface area (TPSA) is 37.8 Å². The van der Waals surface area contributed by atoms with Crippen LogP contribution in [-0.4, -0.2) is 15.9 Å². The second-order valence-electron chi connectivity index (χ2n) is 3.64. The third-order valence-electron chi connectivity index (χ3n) is 2.41. The quantitative estimate of drug-likeness (QED) is 0.888. The van der Waals surface area contributed by atoms with Crippen molar-refractivity contribution in [2.45, 2.75) is 19.8 Å². The zero-order valence-corrected chi connectivity index (χ0v) is 10.4. The molecule has 0 amide bonds. The maximum Gasteiger partial charge on any atom is 0.202 e. The van der Waals surface area contributed by atoms with E-state index in [4.69, 9.17) is 0 Å². The van der Waals surface area contributed by atoms with Gasteiger partial charge in [0.25, 0.3) is 0 Å². The van der Waals surface area contributed by atoms with Crippen molar-refractivity contribution in [1.29, 1.82) is 0 Å². The van der Waals surface area contributed by atoms with E-state index in [-0.39, 0.29) is 5.82 Å². The Labute approximate surface area is 104 Å². The van der Waals surface area contributed by atoms with Crippen LogP contribution in [0.4, 0.5) is 9.52 Å². The van der Waals surface area contributed by atoms with Crippen molar-refractivity contribution in [3.63, 3.8) is 0 Å². The van der Waals surface area contributed by atoms with Gasteiger partial charge in [0.1, 0.15) is 11.6 Å². The van der Waals surface area contributed by atoms with Gasteiger partial charge in [-0.1, -0.05) is 25.1 Å². The fourth-order valence-corrected chi connectivity index (χ4v) is 2.15. The first-order valence-electron chi connectivity index (χ1n) is 5.59. The van der Waals surface area contributed by atoms with E-state index < -0.39 is 0 Å². The van der Waals surface area contributed by atoms with E-state index in [0.717, 1.165) is 22.9 Å². The summed E-state index contributed by atoms with van der Waals surface area (Å²) < 4.78 is 17.5. The highest BCUT2D eigenvalue weighted by atomic mass is 32.1. The fraction of sp³-hybridized carbons (Fsp3) is 0.333. The number of hydrogen-bond donors (Lipinski definition) is 1. The lowest BCUT2D eigenvalue weighted by Gasteiger charge is -2.03. The molecule has 0 bridgehead atoms. The van der Waals surface area contributed by atoms with E-state index in [1.54, 1.807) is 12.1 Å². The molecule has 0 aliphatic heterocycles. The summed E-state index contributed by atoms with van der Waals surface area (Å²) in [6.07, 6.45) is 1.49. The fourth-order valence-electron chi connectivity index (χ4n) is 1.47. The van der Waals surface area contributed by atoms with Gasteiger partial charge in [0.15, 0.2) is 0 Å². The highest BCUT2D eigenvalue weighted by Gasteiger charge is 2.03. The van der Waals surface area contributed by atoms with Gasteiger partial charge in [-0.2, -0.15) is 4.37 Å². The van der Waals surface area contributed by atoms with Crippen LogP contribution in [0.2, 0.25) is 0 Å². The van der Waals surface area contributed by atoms with E-state index in [1.807, 2.05) is 13.0 Å². The highest BCUT2D eigenvalue weighted by molar-refractivity contribution is 7.09. The van der Waals surface area contributed by atoms with E-state index >= 15 is 0 Å². The van der Waals surface area contributed by atoms with Gasteiger partial charge < -0.3 is 5.32 Å². The lowest BCUT2D eigenvalue weighted by molar-refractivity contribution is 0.610. The lowest BCUT2D eigenvalue weighted by Crippen LogP contribution is -2.05. The summed E-state index contributed by atoms with van der Waals surface area (Å²) >= 11 is 1.35. The molecule has 0 aliphatic carbocycles. The molecule has 3 nitrogen and oxygen atoms in total. The molecule has 90 valence electrons. The van der Waals surface area contributed by atoms with Crippen LogP contribution in [0, 0.1) is 5.82 Å². The number of nitrogens with zero attached hydrogens (tertiary/aromatic N) is 2. The Hall–Kier alpha value is -1.49. The summed E-state index contributed by atoms with van der Waals surface area (Å²) in [6.45, 7) is 2.68. The maximum absolute atomic E-state index is 13.3. The van der Waals surface area contributed by atoms with Crippen LogP contribution in [0.5, 0.6) is 0 Å². The third kappa shape index (κ3) is 3.23. The van der Waals surface area contributed by atoms with Crippen molar-refractivity contribution in [1.82, 2.24) is 9.36 Å². The molecule has 0 saturated carbocycles. The Kier molecular flexibility index (Phi) is 4.03. The van der Waals surface area contributed by atoms with Crippen molar-refractivity contribution in [3.8, 4) is 0 Å². The Morgan fingerprint density at radius 1 is 1.35 bits per heavy atom. The third-order valence-corrected chi connectivity index (χ3v) is 3.12. The second-order valence-corrected chi connectivity index (χ2v) is 4.39. The summed E-state index contributed by atoms with van der Waals surface area (Å²) in [7, 11) is 0. The van der Waals surface area contributed by atoms with Crippen LogP contribution in [0.1, 0.15) is 18.3 Å². The molecule has 2 aromatic rings. The van der Waals surface area contributed by atoms with E-state index in [9.17, 15) is 4.39 Å². The number of nitrogens with one attached hydrogen (secondary N) is 1. The molecule has 1 aromatic heterocycles. The zero-order valence-electron chi connectivity index (χ0n) is 9.61. The van der Waals surface area contributed by atoms with Crippen molar-refractivity contribution < 1.29 is 4.39 Å². The first-order chi connectivity index (χ1) is 8.29. The first-order valence-corrected chi connectivity index (χ1v) is 6.37. The zero-order chi connectivity index (χ0) is 12.1. The minimum atomic E-state index is -0.152. The molecule has 0 radical (unpaired) electrons. The van der Waals surface area contributed by atoms with Crippen LogP contribution in [0.3, 0.4) is 0 Å². The highest BCUT2D eigenvalue weighted by Crippen LogP contribution is 2.12. The van der Waals surface area contributed by atoms with Crippen molar-refractivity contribution >= 4 is 16.7 Å². The number of aromatic nitrogens is 2. The number of halogens is 1. The van der Waals surface area contributed by atoms with Crippen LogP contribution in [0.15, 0.2) is 24.3 Å². The molecule has 0 atom stereocenters. The van der Waals surface area contributed by atoms with Gasteiger partial charge in [0.05, 0.1) is 0 Å². The Bertz CT molecular complexity index is 484. The molecule has 0 aliphatic rings. The van der Waals surface area contributed by atoms with Gasteiger partial charge in [0.2, 0.25) is 5.13 Å². The summed E-state index contributed by atoms with van der Waals surface area (Å²) in [5.41, 5.74) is 0.722. The molecule has 1 N–H and O–H groups in total. The van der Waals surface area contributed by atoms with E-state index in [2.05, 4.69) is 14.7 Å². The van der Waals surface area contributed by atoms with Gasteiger partial charge in [0, 0.05) is 24.5 Å². The van der Waals surface area contributed by atoms with Crippen molar-refractivity contribution in [2.24, 2.45) is 0 Å². The van der Waals surface area contributed by atoms with Gasteiger partial charge >= 0.3 is 0 Å². The second kappa shape index (κ2) is 5.72. The van der Waals surface area contributed by atoms with Crippen molar-refractivity contribution in [2.75, 3.05) is 11.9 Å². The standard InChI is InChI=1S/C12H14FN3S/c1-2-11-15-12(17-16-11)14-8-7-9-5-3-4-6-10(9)13/h3-6H,2,7-8H2,1H3,(H,14,15,16). The number of rotatable bonds is 5. The molecular weight excluding hydrogens is 237 g/mol. The predicted octanol–water partition coefficient (Wildman–Crippen LogP) is 2.89. The molecule has 17 heavy (non-hydrogen) atoms. The summed E-state index contributed by atoms with van der Waals surface area (Å²) in [5.74, 6) is 0.698. The van der Waals surface area contributed by atoms with Gasteiger partial charge in [-0.3, -0.25) is 0 Å². The normalized spacial score (nSPS) is 10.5. The molecule has 0 fully saturated rings. The van der Waals surface area contributed by atoms with E-state index in [0.29, 0.717) is 13.0 Å². The largest absolute Gasteiger partial charge is 0.360 e. The van der Waals surface area contributed by atoms with Crippen LogP contribution in [-0.2, 0) is 12.8 Å². The SMILES string of the molecule is CCc1nsc(NCCc2ccccc2F)n1. The summed E-state index contributed by atoms with van der Waals surface area (Å²) in [5, 5.41) is 3.96. The molecule has 1 aromatic carbocycles. The molecule has 2 rings (SSSR count). The molecule has 0 unspecified atom stereocenters. The average molecular weight is 251 g/mol. The maximum atomic E-state index is 13.3. The Balaban J connectivity index is 1.85. The van der Waals surface area contributed by atoms with Crippen molar-refractivity contribution in [3.05, 3.63) is 41.5 Å². The minimum absolute atomic E-state index is 0.152. The lowest BCUT2D eigenvalue weighted by atomic mass is 10.1. The van der Waals surface area contributed by atoms with Crippen LogP contribution >= 0.6 is 11.5 Å². The number of aryl methyl sites for hydroxylation is 1. The number of hydrogen-bond acceptors (Lipinski definition) is 4. The van der Waals surface area contributed by atoms with Gasteiger partial charge in [-0.15, -0.1) is 0 Å². The Morgan fingerprint density at radius 2 is 2.18 bits per heavy atom. The summed E-state index contributed by atoms with van der Waals surface area (Å²) in [4.78, 5) is 4.28. The molecule has 5 heteroatoms. The minimum Gasteiger partial charge on any atom is -0.360 e. The van der Waals surface area contributed by atoms with Crippen LogP contribution in [0.25, 0.3) is 0 Å². The first kappa shape index (κ1) is 12.0. The van der Waals surface area contributed by atoms with E-state index in [1.165, 1.54) is 17.6 Å². The molecule has 0 saturated heterocycles. The number of benzene rings is 1. The number of anilines is 1. The smallest absolute Gasteiger partial charge is 0.202 e.